The first-order valence-electron chi connectivity index (χ1n) is 7.98. The molecule has 1 N–H and O–H groups in total. The second-order valence-electron chi connectivity index (χ2n) is 5.73. The Morgan fingerprint density at radius 1 is 1.20 bits per heavy atom. The second kappa shape index (κ2) is 8.58. The molecular formula is C18H21ClN4O2. The minimum atomic E-state index is -0.197. The number of rotatable bonds is 6. The Balaban J connectivity index is 2.14. The molecule has 0 radical (unpaired) electrons. The van der Waals surface area contributed by atoms with E-state index in [1.807, 2.05) is 19.1 Å². The molecule has 0 aliphatic heterocycles. The van der Waals surface area contributed by atoms with Gasteiger partial charge in [0, 0.05) is 43.3 Å². The zero-order valence-electron chi connectivity index (χ0n) is 14.5. The summed E-state index contributed by atoms with van der Waals surface area (Å²) in [4.78, 5) is 34.2. The summed E-state index contributed by atoms with van der Waals surface area (Å²) >= 11 is 5.90. The van der Waals surface area contributed by atoms with Gasteiger partial charge in [0.2, 0.25) is 5.91 Å². The van der Waals surface area contributed by atoms with E-state index in [9.17, 15) is 9.59 Å². The van der Waals surface area contributed by atoms with Crippen molar-refractivity contribution in [2.45, 2.75) is 19.8 Å². The van der Waals surface area contributed by atoms with Gasteiger partial charge in [-0.3, -0.25) is 9.59 Å². The van der Waals surface area contributed by atoms with Crippen molar-refractivity contribution in [2.75, 3.05) is 20.6 Å². The first kappa shape index (κ1) is 18.9. The quantitative estimate of drug-likeness (QED) is 0.859. The van der Waals surface area contributed by atoms with Crippen molar-refractivity contribution in [3.8, 4) is 11.4 Å². The molecule has 2 rings (SSSR count). The summed E-state index contributed by atoms with van der Waals surface area (Å²) in [6.45, 7) is 2.30. The molecule has 0 aliphatic carbocycles. The highest BCUT2D eigenvalue weighted by atomic mass is 35.5. The Hall–Kier alpha value is -2.47. The predicted molar refractivity (Wildman–Crippen MR) is 97.5 cm³/mol. The Bertz CT molecular complexity index is 762. The molecule has 0 aliphatic rings. The minimum absolute atomic E-state index is 0.0382. The van der Waals surface area contributed by atoms with E-state index in [4.69, 9.17) is 11.6 Å². The molecule has 1 heterocycles. The number of carbonyl (C=O) groups excluding carboxylic acids is 2. The van der Waals surface area contributed by atoms with E-state index in [1.165, 1.54) is 0 Å². The molecule has 0 saturated carbocycles. The van der Waals surface area contributed by atoms with E-state index in [1.54, 1.807) is 37.2 Å². The van der Waals surface area contributed by atoms with Crippen molar-refractivity contribution < 1.29 is 9.59 Å². The van der Waals surface area contributed by atoms with Crippen LogP contribution < -0.4 is 5.32 Å². The molecule has 6 nitrogen and oxygen atoms in total. The number of aryl methyl sites for hydroxylation is 1. The van der Waals surface area contributed by atoms with E-state index in [0.717, 1.165) is 5.56 Å². The van der Waals surface area contributed by atoms with Gasteiger partial charge in [-0.25, -0.2) is 9.97 Å². The second-order valence-corrected chi connectivity index (χ2v) is 6.16. The third kappa shape index (κ3) is 5.26. The molecule has 0 saturated heterocycles. The molecule has 0 spiro atoms. The fourth-order valence-corrected chi connectivity index (χ4v) is 2.43. The van der Waals surface area contributed by atoms with Crippen LogP contribution in [0.2, 0.25) is 5.02 Å². The Kier molecular flexibility index (Phi) is 6.47. The van der Waals surface area contributed by atoms with Gasteiger partial charge >= 0.3 is 0 Å². The van der Waals surface area contributed by atoms with Crippen molar-refractivity contribution in [3.05, 3.63) is 46.7 Å². The zero-order valence-corrected chi connectivity index (χ0v) is 15.3. The molecule has 2 aromatic rings. The monoisotopic (exact) mass is 360 g/mol. The number of hydrogen-bond acceptors (Lipinski definition) is 4. The van der Waals surface area contributed by atoms with Gasteiger partial charge in [0.25, 0.3) is 5.91 Å². The van der Waals surface area contributed by atoms with E-state index in [-0.39, 0.29) is 11.8 Å². The zero-order chi connectivity index (χ0) is 18.4. The predicted octanol–water partition coefficient (Wildman–Crippen LogP) is 2.70. The highest BCUT2D eigenvalue weighted by Gasteiger charge is 2.16. The van der Waals surface area contributed by atoms with E-state index < -0.39 is 0 Å². The average molecular weight is 361 g/mol. The molecule has 0 atom stereocenters. The molecule has 1 aromatic carbocycles. The van der Waals surface area contributed by atoms with E-state index >= 15 is 0 Å². The molecule has 25 heavy (non-hydrogen) atoms. The first-order valence-corrected chi connectivity index (χ1v) is 8.36. The highest BCUT2D eigenvalue weighted by Crippen LogP contribution is 2.19. The molecule has 2 amide bonds. The van der Waals surface area contributed by atoms with Crippen LogP contribution in [0.5, 0.6) is 0 Å². The molecular weight excluding hydrogens is 340 g/mol. The Labute approximate surface area is 152 Å². The van der Waals surface area contributed by atoms with Crippen molar-refractivity contribution in [2.24, 2.45) is 0 Å². The minimum Gasteiger partial charge on any atom is -0.359 e. The molecule has 0 fully saturated rings. The van der Waals surface area contributed by atoms with Gasteiger partial charge in [-0.2, -0.15) is 0 Å². The van der Waals surface area contributed by atoms with E-state index in [2.05, 4.69) is 15.3 Å². The Morgan fingerprint density at radius 2 is 1.88 bits per heavy atom. The van der Waals surface area contributed by atoms with Gasteiger partial charge in [-0.1, -0.05) is 11.6 Å². The maximum absolute atomic E-state index is 12.6. The number of benzene rings is 1. The lowest BCUT2D eigenvalue weighted by Crippen LogP contribution is -2.30. The SMILES string of the molecule is CNC(=O)CCCN(C)C(=O)c1cc(C)nc(-c2ccc(Cl)cc2)n1. The van der Waals surface area contributed by atoms with Crippen LogP contribution in [-0.4, -0.2) is 47.3 Å². The summed E-state index contributed by atoms with van der Waals surface area (Å²) in [5.41, 5.74) is 1.84. The van der Waals surface area contributed by atoms with Crippen LogP contribution in [0.25, 0.3) is 11.4 Å². The van der Waals surface area contributed by atoms with E-state index in [0.29, 0.717) is 41.6 Å². The van der Waals surface area contributed by atoms with Crippen LogP contribution >= 0.6 is 11.6 Å². The summed E-state index contributed by atoms with van der Waals surface area (Å²) in [7, 11) is 3.30. The Morgan fingerprint density at radius 3 is 2.52 bits per heavy atom. The standard InChI is InChI=1S/C18H21ClN4O2/c1-12-11-15(18(25)23(3)10-4-5-16(24)20-2)22-17(21-12)13-6-8-14(19)9-7-13/h6-9,11H,4-5,10H2,1-3H3,(H,20,24). The van der Waals surface area contributed by atoms with Crippen molar-refractivity contribution >= 4 is 23.4 Å². The molecule has 132 valence electrons. The molecule has 7 heteroatoms. The van der Waals surface area contributed by atoms with Gasteiger partial charge in [-0.15, -0.1) is 0 Å². The van der Waals surface area contributed by atoms with Crippen LogP contribution in [0.1, 0.15) is 29.0 Å². The highest BCUT2D eigenvalue weighted by molar-refractivity contribution is 6.30. The number of aromatic nitrogens is 2. The van der Waals surface area contributed by atoms with Crippen molar-refractivity contribution in [1.29, 1.82) is 0 Å². The first-order chi connectivity index (χ1) is 11.9. The summed E-state index contributed by atoms with van der Waals surface area (Å²) < 4.78 is 0. The number of nitrogens with zero attached hydrogens (tertiary/aromatic N) is 3. The number of carbonyl (C=O) groups is 2. The van der Waals surface area contributed by atoms with Crippen LogP contribution in [0.3, 0.4) is 0 Å². The lowest BCUT2D eigenvalue weighted by atomic mass is 10.2. The number of hydrogen-bond donors (Lipinski definition) is 1. The maximum atomic E-state index is 12.6. The van der Waals surface area contributed by atoms with Crippen molar-refractivity contribution in [3.63, 3.8) is 0 Å². The van der Waals surface area contributed by atoms with Gasteiger partial charge in [0.1, 0.15) is 5.69 Å². The van der Waals surface area contributed by atoms with Gasteiger partial charge < -0.3 is 10.2 Å². The van der Waals surface area contributed by atoms with Crippen LogP contribution in [0.4, 0.5) is 0 Å². The summed E-state index contributed by atoms with van der Waals surface area (Å²) in [5.74, 6) is 0.250. The summed E-state index contributed by atoms with van der Waals surface area (Å²) in [6.07, 6.45) is 0.975. The third-order valence-electron chi connectivity index (χ3n) is 3.70. The van der Waals surface area contributed by atoms with Crippen LogP contribution in [0, 0.1) is 6.92 Å². The van der Waals surface area contributed by atoms with Gasteiger partial charge in [0.15, 0.2) is 5.82 Å². The summed E-state index contributed by atoms with van der Waals surface area (Å²) in [6, 6.07) is 8.82. The largest absolute Gasteiger partial charge is 0.359 e. The topological polar surface area (TPSA) is 75.2 Å². The van der Waals surface area contributed by atoms with Gasteiger partial charge in [-0.05, 0) is 43.7 Å². The normalized spacial score (nSPS) is 10.4. The maximum Gasteiger partial charge on any atom is 0.272 e. The molecule has 1 aromatic heterocycles. The lowest BCUT2D eigenvalue weighted by molar-refractivity contribution is -0.120. The molecule has 0 unspecified atom stereocenters. The fraction of sp³-hybridized carbons (Fsp3) is 0.333. The summed E-state index contributed by atoms with van der Waals surface area (Å²) in [5, 5.41) is 3.19. The van der Waals surface area contributed by atoms with Gasteiger partial charge in [0.05, 0.1) is 0 Å². The van der Waals surface area contributed by atoms with Crippen LogP contribution in [0.15, 0.2) is 30.3 Å². The number of nitrogens with one attached hydrogen (secondary N) is 1. The fourth-order valence-electron chi connectivity index (χ4n) is 2.31. The average Bonchev–Trinajstić information content (AvgIpc) is 2.60. The third-order valence-corrected chi connectivity index (χ3v) is 3.95. The number of halogens is 1. The number of amides is 2. The van der Waals surface area contributed by atoms with Crippen molar-refractivity contribution in [1.82, 2.24) is 20.2 Å². The lowest BCUT2D eigenvalue weighted by Gasteiger charge is -2.17. The smallest absolute Gasteiger partial charge is 0.272 e. The molecule has 0 bridgehead atoms. The van der Waals surface area contributed by atoms with Crippen LogP contribution in [-0.2, 0) is 4.79 Å².